The maximum atomic E-state index is 14.3. The molecule has 3 atom stereocenters. The Hall–Kier alpha value is -2.32. The fraction of sp³-hybridized carbons (Fsp3) is 0.560. The van der Waals surface area contributed by atoms with Crippen LogP contribution in [-0.2, 0) is 4.79 Å². The van der Waals surface area contributed by atoms with Gasteiger partial charge in [0, 0.05) is 38.3 Å². The molecule has 0 bridgehead atoms. The maximum absolute atomic E-state index is 14.3. The van der Waals surface area contributed by atoms with Crippen LogP contribution in [0.3, 0.4) is 0 Å². The number of amides is 1. The summed E-state index contributed by atoms with van der Waals surface area (Å²) in [6.45, 7) is 5.62. The molecule has 1 saturated heterocycles. The van der Waals surface area contributed by atoms with Crippen LogP contribution in [0.25, 0.3) is 0 Å². The van der Waals surface area contributed by atoms with Gasteiger partial charge in [-0.25, -0.2) is 18.7 Å². The van der Waals surface area contributed by atoms with Gasteiger partial charge in [-0.05, 0) is 55.3 Å². The van der Waals surface area contributed by atoms with E-state index in [1.165, 1.54) is 31.3 Å². The molecule has 1 amide bonds. The predicted molar refractivity (Wildman–Crippen MR) is 127 cm³/mol. The largest absolute Gasteiger partial charge is 0.353 e. The van der Waals surface area contributed by atoms with Crippen molar-refractivity contribution in [3.63, 3.8) is 0 Å². The molecule has 2 aromatic rings. The number of halogens is 3. The average molecular weight is 490 g/mol. The summed E-state index contributed by atoms with van der Waals surface area (Å²) in [6, 6.07) is 4.63. The Morgan fingerprint density at radius 1 is 1.24 bits per heavy atom. The van der Waals surface area contributed by atoms with Gasteiger partial charge >= 0.3 is 0 Å². The van der Waals surface area contributed by atoms with Gasteiger partial charge < -0.3 is 15.1 Å². The molecule has 1 aromatic heterocycles. The predicted octanol–water partition coefficient (Wildman–Crippen LogP) is 4.22. The number of anilines is 1. The third-order valence-electron chi connectivity index (χ3n) is 7.26. The first kappa shape index (κ1) is 23.4. The molecule has 0 radical (unpaired) electrons. The minimum absolute atomic E-state index is 0.0187. The van der Waals surface area contributed by atoms with Gasteiger partial charge in [0.05, 0.1) is 16.6 Å². The topological polar surface area (TPSA) is 61.4 Å². The third-order valence-corrected chi connectivity index (χ3v) is 7.56. The van der Waals surface area contributed by atoms with Crippen molar-refractivity contribution in [3.05, 3.63) is 52.2 Å². The molecular weight excluding hydrogens is 460 g/mol. The lowest BCUT2D eigenvalue weighted by Crippen LogP contribution is -2.51. The van der Waals surface area contributed by atoms with Crippen LogP contribution in [0.15, 0.2) is 24.5 Å². The summed E-state index contributed by atoms with van der Waals surface area (Å²) in [4.78, 5) is 26.2. The fourth-order valence-corrected chi connectivity index (χ4v) is 5.22. The lowest BCUT2D eigenvalue weighted by atomic mass is 9.96. The molecule has 2 fully saturated rings. The van der Waals surface area contributed by atoms with Crippen LogP contribution in [0.1, 0.15) is 61.0 Å². The number of piperazine rings is 1. The van der Waals surface area contributed by atoms with Gasteiger partial charge in [-0.3, -0.25) is 4.79 Å². The first-order chi connectivity index (χ1) is 16.4. The minimum Gasteiger partial charge on any atom is -0.353 e. The van der Waals surface area contributed by atoms with Gasteiger partial charge in [0.1, 0.15) is 24.1 Å². The van der Waals surface area contributed by atoms with Gasteiger partial charge in [-0.1, -0.05) is 24.6 Å². The average Bonchev–Trinajstić information content (AvgIpc) is 3.62. The number of carbonyl (C=O) groups excluding carboxylic acids is 1. The molecule has 1 aliphatic heterocycles. The number of hydrogen-bond donors (Lipinski definition) is 1. The molecule has 3 aliphatic rings. The molecule has 9 heteroatoms. The second-order valence-corrected chi connectivity index (χ2v) is 10.1. The molecule has 2 heterocycles. The Morgan fingerprint density at radius 3 is 2.71 bits per heavy atom. The summed E-state index contributed by atoms with van der Waals surface area (Å²) in [6.07, 6.45) is 3.27. The number of hydrogen-bond acceptors (Lipinski definition) is 5. The van der Waals surface area contributed by atoms with E-state index in [9.17, 15) is 13.6 Å². The van der Waals surface area contributed by atoms with E-state index < -0.39 is 17.9 Å². The zero-order chi connectivity index (χ0) is 23.8. The number of fused-ring (bicyclic) bond motifs is 1. The maximum Gasteiger partial charge on any atom is 0.231 e. The molecule has 2 aliphatic carbocycles. The molecule has 0 unspecified atom stereocenters. The molecule has 5 rings (SSSR count). The van der Waals surface area contributed by atoms with Crippen LogP contribution in [0.4, 0.5) is 14.6 Å². The summed E-state index contributed by atoms with van der Waals surface area (Å²) < 4.78 is 28.5. The number of aromatic nitrogens is 2. The monoisotopic (exact) mass is 489 g/mol. The number of carbonyl (C=O) groups is 1. The SMILES string of the molecule is C[C@@H]1C[C@H](F)c2ncnc(N3CCN(C(=O)[C@H](CNCC4CC4)c4ccc(Cl)c(F)c4)CC3)c21. The number of rotatable bonds is 7. The van der Waals surface area contributed by atoms with E-state index in [1.54, 1.807) is 6.07 Å². The van der Waals surface area contributed by atoms with Crippen molar-refractivity contribution in [1.29, 1.82) is 0 Å². The Kier molecular flexibility index (Phi) is 6.71. The van der Waals surface area contributed by atoms with E-state index in [-0.39, 0.29) is 16.8 Å². The highest BCUT2D eigenvalue weighted by Crippen LogP contribution is 2.44. The lowest BCUT2D eigenvalue weighted by molar-refractivity contribution is -0.133. The highest BCUT2D eigenvalue weighted by Gasteiger charge is 2.36. The Balaban J connectivity index is 1.28. The highest BCUT2D eigenvalue weighted by atomic mass is 35.5. The molecule has 1 aromatic carbocycles. The number of alkyl halides is 1. The van der Waals surface area contributed by atoms with Crippen LogP contribution in [0, 0.1) is 11.7 Å². The van der Waals surface area contributed by atoms with E-state index in [2.05, 4.69) is 20.2 Å². The Labute approximate surface area is 203 Å². The van der Waals surface area contributed by atoms with E-state index in [0.29, 0.717) is 56.3 Å². The summed E-state index contributed by atoms with van der Waals surface area (Å²) in [5.74, 6) is 0.529. The van der Waals surface area contributed by atoms with Crippen molar-refractivity contribution in [3.8, 4) is 0 Å². The van der Waals surface area contributed by atoms with Crippen LogP contribution in [0.2, 0.25) is 5.02 Å². The molecule has 34 heavy (non-hydrogen) atoms. The second kappa shape index (κ2) is 9.74. The van der Waals surface area contributed by atoms with E-state index in [0.717, 1.165) is 17.9 Å². The smallest absolute Gasteiger partial charge is 0.231 e. The zero-order valence-electron chi connectivity index (χ0n) is 19.3. The summed E-state index contributed by atoms with van der Waals surface area (Å²) >= 11 is 5.88. The molecular formula is C25H30ClF2N5O. The van der Waals surface area contributed by atoms with Gasteiger partial charge in [0.15, 0.2) is 0 Å². The summed E-state index contributed by atoms with van der Waals surface area (Å²) in [7, 11) is 0. The first-order valence-corrected chi connectivity index (χ1v) is 12.5. The van der Waals surface area contributed by atoms with Gasteiger partial charge in [0.2, 0.25) is 5.91 Å². The van der Waals surface area contributed by atoms with Crippen LogP contribution >= 0.6 is 11.6 Å². The Bertz CT molecular complexity index is 1060. The van der Waals surface area contributed by atoms with Crippen molar-refractivity contribution < 1.29 is 13.6 Å². The first-order valence-electron chi connectivity index (χ1n) is 12.1. The van der Waals surface area contributed by atoms with Gasteiger partial charge in [0.25, 0.3) is 0 Å². The van der Waals surface area contributed by atoms with Crippen molar-refractivity contribution in [1.82, 2.24) is 20.2 Å². The fourth-order valence-electron chi connectivity index (χ4n) is 5.10. The van der Waals surface area contributed by atoms with Crippen LogP contribution in [0.5, 0.6) is 0 Å². The number of benzene rings is 1. The lowest BCUT2D eigenvalue weighted by Gasteiger charge is -2.38. The van der Waals surface area contributed by atoms with Crippen LogP contribution < -0.4 is 10.2 Å². The molecule has 0 spiro atoms. The van der Waals surface area contributed by atoms with Gasteiger partial charge in [-0.2, -0.15) is 0 Å². The normalized spacial score (nSPS) is 23.2. The van der Waals surface area contributed by atoms with E-state index in [1.807, 2.05) is 11.8 Å². The zero-order valence-corrected chi connectivity index (χ0v) is 20.1. The van der Waals surface area contributed by atoms with Crippen molar-refractivity contribution in [2.45, 2.75) is 44.2 Å². The van der Waals surface area contributed by atoms with Gasteiger partial charge in [-0.15, -0.1) is 0 Å². The third kappa shape index (κ3) is 4.75. The van der Waals surface area contributed by atoms with E-state index in [4.69, 9.17) is 11.6 Å². The summed E-state index contributed by atoms with van der Waals surface area (Å²) in [5.41, 5.74) is 2.03. The molecule has 1 saturated carbocycles. The molecule has 1 N–H and O–H groups in total. The summed E-state index contributed by atoms with van der Waals surface area (Å²) in [5, 5.41) is 3.46. The number of nitrogens with zero attached hydrogens (tertiary/aromatic N) is 4. The minimum atomic E-state index is -1.04. The highest BCUT2D eigenvalue weighted by molar-refractivity contribution is 6.30. The standard InChI is InChI=1S/C25H30ClF2N5O/c1-15-10-21(28)23-22(15)24(31-14-30-23)32-6-8-33(9-7-32)25(34)18(13-29-12-16-2-3-16)17-4-5-19(26)20(27)11-17/h4-5,11,14-16,18,21,29H,2-3,6-10,12-13H2,1H3/t15-,18-,21+/m1/s1. The van der Waals surface area contributed by atoms with E-state index >= 15 is 0 Å². The van der Waals surface area contributed by atoms with Crippen molar-refractivity contribution >= 4 is 23.3 Å². The molecule has 6 nitrogen and oxygen atoms in total. The quantitative estimate of drug-likeness (QED) is 0.631. The Morgan fingerprint density at radius 2 is 2.00 bits per heavy atom. The molecule has 182 valence electrons. The second-order valence-electron chi connectivity index (χ2n) is 9.74. The van der Waals surface area contributed by atoms with Crippen molar-refractivity contribution in [2.75, 3.05) is 44.2 Å². The van der Waals surface area contributed by atoms with Crippen LogP contribution in [-0.4, -0.2) is 60.0 Å². The van der Waals surface area contributed by atoms with Crippen molar-refractivity contribution in [2.24, 2.45) is 5.92 Å². The number of nitrogens with one attached hydrogen (secondary N) is 1.